The third-order valence-electron chi connectivity index (χ3n) is 5.43. The Bertz CT molecular complexity index is 494. The number of aliphatic hydroxyl groups excluding tert-OH is 1. The minimum Gasteiger partial charge on any atom is -0.394 e. The predicted octanol–water partition coefficient (Wildman–Crippen LogP) is -0.636. The molecule has 3 heterocycles. The van der Waals surface area contributed by atoms with E-state index in [2.05, 4.69) is 10.2 Å². The van der Waals surface area contributed by atoms with Crippen molar-refractivity contribution in [3.8, 4) is 0 Å². The van der Waals surface area contributed by atoms with E-state index in [0.717, 1.165) is 32.8 Å². The van der Waals surface area contributed by atoms with Gasteiger partial charge >= 0.3 is 0 Å². The molecule has 3 fully saturated rings. The lowest BCUT2D eigenvalue weighted by Crippen LogP contribution is -2.45. The van der Waals surface area contributed by atoms with E-state index in [9.17, 15) is 14.7 Å². The van der Waals surface area contributed by atoms with Crippen molar-refractivity contribution < 1.29 is 19.4 Å². The Balaban J connectivity index is 1.46. The molecule has 0 aromatic rings. The molecule has 0 saturated carbocycles. The van der Waals surface area contributed by atoms with Crippen LogP contribution in [0.4, 0.5) is 0 Å². The average Bonchev–Trinajstić information content (AvgIpc) is 2.92. The fraction of sp³-hybridized carbons (Fsp3) is 0.765. The topological polar surface area (TPSA) is 82.1 Å². The highest BCUT2D eigenvalue weighted by Crippen LogP contribution is 2.40. The van der Waals surface area contributed by atoms with Gasteiger partial charge in [-0.3, -0.25) is 14.5 Å². The average molecular weight is 337 g/mol. The third kappa shape index (κ3) is 3.79. The maximum atomic E-state index is 12.3. The fourth-order valence-corrected chi connectivity index (χ4v) is 3.84. The molecule has 2 amide bonds. The first kappa shape index (κ1) is 17.4. The summed E-state index contributed by atoms with van der Waals surface area (Å²) < 4.78 is 5.30. The fourth-order valence-electron chi connectivity index (χ4n) is 3.84. The maximum Gasteiger partial charge on any atom is 0.246 e. The van der Waals surface area contributed by atoms with Crippen molar-refractivity contribution in [1.82, 2.24) is 15.1 Å². The van der Waals surface area contributed by atoms with Gasteiger partial charge in [-0.05, 0) is 19.3 Å². The van der Waals surface area contributed by atoms with Gasteiger partial charge in [0.2, 0.25) is 11.8 Å². The van der Waals surface area contributed by atoms with Crippen LogP contribution in [0.5, 0.6) is 0 Å². The summed E-state index contributed by atoms with van der Waals surface area (Å²) in [5.41, 5.74) is -0.387. The number of hydrogen-bond donors (Lipinski definition) is 2. The highest BCUT2D eigenvalue weighted by atomic mass is 16.5. The van der Waals surface area contributed by atoms with Crippen molar-refractivity contribution in [2.24, 2.45) is 5.41 Å². The van der Waals surface area contributed by atoms with Gasteiger partial charge in [0.15, 0.2) is 0 Å². The molecule has 0 aromatic carbocycles. The van der Waals surface area contributed by atoms with Crippen molar-refractivity contribution >= 4 is 11.8 Å². The molecule has 7 heteroatoms. The van der Waals surface area contributed by atoms with Gasteiger partial charge in [-0.1, -0.05) is 6.08 Å². The quantitative estimate of drug-likeness (QED) is 0.667. The Kier molecular flexibility index (Phi) is 5.53. The molecule has 1 spiro atoms. The molecule has 3 saturated heterocycles. The molecule has 134 valence electrons. The highest BCUT2D eigenvalue weighted by molar-refractivity contribution is 5.89. The number of morpholine rings is 1. The van der Waals surface area contributed by atoms with Crippen LogP contribution in [0.3, 0.4) is 0 Å². The van der Waals surface area contributed by atoms with Crippen LogP contribution in [-0.2, 0) is 14.3 Å². The zero-order chi connectivity index (χ0) is 17.0. The van der Waals surface area contributed by atoms with Crippen LogP contribution in [0, 0.1) is 5.41 Å². The van der Waals surface area contributed by atoms with Crippen LogP contribution in [0.1, 0.15) is 19.3 Å². The Hall–Kier alpha value is -1.44. The van der Waals surface area contributed by atoms with Crippen LogP contribution in [0.15, 0.2) is 12.2 Å². The number of rotatable bonds is 4. The first-order chi connectivity index (χ1) is 11.6. The molecule has 3 rings (SSSR count). The number of carbonyl (C=O) groups is 2. The Morgan fingerprint density at radius 1 is 1.29 bits per heavy atom. The van der Waals surface area contributed by atoms with E-state index in [-0.39, 0.29) is 29.9 Å². The summed E-state index contributed by atoms with van der Waals surface area (Å²) >= 11 is 0. The van der Waals surface area contributed by atoms with Crippen molar-refractivity contribution in [3.05, 3.63) is 12.2 Å². The second-order valence-electron chi connectivity index (χ2n) is 6.98. The number of likely N-dealkylation sites (tertiary alicyclic amines) is 1. The van der Waals surface area contributed by atoms with Gasteiger partial charge in [-0.2, -0.15) is 0 Å². The van der Waals surface area contributed by atoms with E-state index in [4.69, 9.17) is 4.74 Å². The molecule has 0 aliphatic carbocycles. The minimum atomic E-state index is -0.387. The van der Waals surface area contributed by atoms with Crippen LogP contribution >= 0.6 is 0 Å². The van der Waals surface area contributed by atoms with Gasteiger partial charge in [-0.25, -0.2) is 0 Å². The second-order valence-corrected chi connectivity index (χ2v) is 6.98. The number of amides is 2. The molecule has 2 N–H and O–H groups in total. The van der Waals surface area contributed by atoms with Crippen LogP contribution in [0.25, 0.3) is 0 Å². The van der Waals surface area contributed by atoms with Gasteiger partial charge < -0.3 is 20.1 Å². The zero-order valence-corrected chi connectivity index (χ0v) is 14.1. The molecule has 1 atom stereocenters. The third-order valence-corrected chi connectivity index (χ3v) is 5.43. The van der Waals surface area contributed by atoms with E-state index < -0.39 is 0 Å². The lowest BCUT2D eigenvalue weighted by molar-refractivity contribution is -0.135. The molecule has 0 bridgehead atoms. The van der Waals surface area contributed by atoms with Gasteiger partial charge in [0.05, 0.1) is 31.3 Å². The van der Waals surface area contributed by atoms with E-state index in [1.165, 1.54) is 0 Å². The Morgan fingerprint density at radius 3 is 2.62 bits per heavy atom. The first-order valence-electron chi connectivity index (χ1n) is 8.80. The summed E-state index contributed by atoms with van der Waals surface area (Å²) in [6.45, 7) is 5.30. The number of piperidine rings is 1. The lowest BCUT2D eigenvalue weighted by Gasteiger charge is -2.37. The highest BCUT2D eigenvalue weighted by Gasteiger charge is 2.48. The summed E-state index contributed by atoms with van der Waals surface area (Å²) in [5.74, 6) is 0.0618. The molecular weight excluding hydrogens is 310 g/mol. The summed E-state index contributed by atoms with van der Waals surface area (Å²) in [6, 6.07) is -0.131. The largest absolute Gasteiger partial charge is 0.394 e. The van der Waals surface area contributed by atoms with Crippen molar-refractivity contribution in [3.63, 3.8) is 0 Å². The standard InChI is InChI=1S/C17H27N3O4/c21-13-14-12-17(16(23)18-14)3-6-20(7-4-17)15(22)2-1-5-19-8-10-24-11-9-19/h1-2,14,21H,3-13H2,(H,18,23)/b2-1+. The van der Waals surface area contributed by atoms with E-state index in [0.29, 0.717) is 32.4 Å². The smallest absolute Gasteiger partial charge is 0.246 e. The summed E-state index contributed by atoms with van der Waals surface area (Å²) in [6.07, 6.45) is 5.61. The van der Waals surface area contributed by atoms with Crippen molar-refractivity contribution in [2.75, 3.05) is 52.5 Å². The predicted molar refractivity (Wildman–Crippen MR) is 88.3 cm³/mol. The molecule has 0 aromatic heterocycles. The molecule has 1 unspecified atom stereocenters. The molecule has 7 nitrogen and oxygen atoms in total. The number of carbonyl (C=O) groups excluding carboxylic acids is 2. The van der Waals surface area contributed by atoms with Gasteiger partial charge in [0, 0.05) is 38.8 Å². The van der Waals surface area contributed by atoms with Gasteiger partial charge in [0.25, 0.3) is 0 Å². The molecule has 3 aliphatic heterocycles. The van der Waals surface area contributed by atoms with Gasteiger partial charge in [0.1, 0.15) is 0 Å². The Labute approximate surface area is 142 Å². The zero-order valence-electron chi connectivity index (χ0n) is 14.1. The number of hydrogen-bond acceptors (Lipinski definition) is 5. The summed E-state index contributed by atoms with van der Waals surface area (Å²) in [7, 11) is 0. The first-order valence-corrected chi connectivity index (χ1v) is 8.80. The van der Waals surface area contributed by atoms with Crippen LogP contribution in [-0.4, -0.2) is 85.3 Å². The van der Waals surface area contributed by atoms with Crippen molar-refractivity contribution in [1.29, 1.82) is 0 Å². The normalized spacial score (nSPS) is 27.8. The lowest BCUT2D eigenvalue weighted by atomic mass is 9.76. The van der Waals surface area contributed by atoms with E-state index in [1.807, 2.05) is 11.0 Å². The van der Waals surface area contributed by atoms with Crippen molar-refractivity contribution in [2.45, 2.75) is 25.3 Å². The maximum absolute atomic E-state index is 12.3. The number of nitrogens with one attached hydrogen (secondary N) is 1. The second kappa shape index (κ2) is 7.63. The van der Waals surface area contributed by atoms with Crippen LogP contribution < -0.4 is 5.32 Å². The molecule has 0 radical (unpaired) electrons. The summed E-state index contributed by atoms with van der Waals surface area (Å²) in [4.78, 5) is 28.6. The Morgan fingerprint density at radius 2 is 2.00 bits per heavy atom. The van der Waals surface area contributed by atoms with E-state index >= 15 is 0 Å². The SMILES string of the molecule is O=C(/C=C/CN1CCOCC1)N1CCC2(CC1)CC(CO)NC2=O. The minimum absolute atomic E-state index is 0.0135. The monoisotopic (exact) mass is 337 g/mol. The molecule has 24 heavy (non-hydrogen) atoms. The van der Waals surface area contributed by atoms with E-state index in [1.54, 1.807) is 6.08 Å². The molecular formula is C17H27N3O4. The molecule has 3 aliphatic rings. The van der Waals surface area contributed by atoms with Gasteiger partial charge in [-0.15, -0.1) is 0 Å². The number of nitrogens with zero attached hydrogens (tertiary/aromatic N) is 2. The summed E-state index contributed by atoms with van der Waals surface area (Å²) in [5, 5.41) is 12.1. The number of ether oxygens (including phenoxy) is 1. The van der Waals surface area contributed by atoms with Crippen LogP contribution in [0.2, 0.25) is 0 Å². The number of aliphatic hydroxyl groups is 1.